The Hall–Kier alpha value is -1.03. The second-order valence-corrected chi connectivity index (χ2v) is 6.42. The molecule has 0 amide bonds. The van der Waals surface area contributed by atoms with E-state index in [2.05, 4.69) is 24.4 Å². The maximum absolute atomic E-state index is 6.28. The summed E-state index contributed by atoms with van der Waals surface area (Å²) in [4.78, 5) is 0. The number of aromatic nitrogens is 2. The lowest BCUT2D eigenvalue weighted by Crippen LogP contribution is -2.64. The van der Waals surface area contributed by atoms with Crippen LogP contribution in [-0.4, -0.2) is 29.0 Å². The van der Waals surface area contributed by atoms with E-state index in [0.29, 0.717) is 17.6 Å². The van der Waals surface area contributed by atoms with Crippen LogP contribution >= 0.6 is 0 Å². The molecule has 0 radical (unpaired) electrons. The molecule has 0 aliphatic heterocycles. The Kier molecular flexibility index (Phi) is 4.01. The molecule has 1 heterocycles. The summed E-state index contributed by atoms with van der Waals surface area (Å²) in [5.74, 6) is 0.947. The first-order chi connectivity index (χ1) is 9.78. The molecule has 2 unspecified atom stereocenters. The van der Waals surface area contributed by atoms with Crippen molar-refractivity contribution in [3.63, 3.8) is 0 Å². The normalized spacial score (nSPS) is 28.3. The molecular weight excluding hydrogens is 250 g/mol. The van der Waals surface area contributed by atoms with Crippen LogP contribution in [0.15, 0.2) is 12.4 Å². The highest BCUT2D eigenvalue weighted by atomic mass is 16.5. The molecule has 4 heteroatoms. The maximum atomic E-state index is 6.28. The van der Waals surface area contributed by atoms with E-state index in [9.17, 15) is 0 Å². The van der Waals surface area contributed by atoms with Crippen LogP contribution in [0.25, 0.3) is 0 Å². The van der Waals surface area contributed by atoms with Gasteiger partial charge in [-0.15, -0.1) is 0 Å². The fraction of sp³-hybridized carbons (Fsp3) is 0.812. The van der Waals surface area contributed by atoms with Crippen LogP contribution in [0.5, 0.6) is 5.75 Å². The van der Waals surface area contributed by atoms with Crippen molar-refractivity contribution < 1.29 is 4.74 Å². The summed E-state index contributed by atoms with van der Waals surface area (Å²) in [6.45, 7) is 3.14. The summed E-state index contributed by atoms with van der Waals surface area (Å²) in [6.07, 6.45) is 13.3. The number of nitrogens with one attached hydrogen (secondary N) is 1. The minimum Gasteiger partial charge on any atom is -0.486 e. The average Bonchev–Trinajstić information content (AvgIpc) is 2.92. The van der Waals surface area contributed by atoms with Gasteiger partial charge in [-0.3, -0.25) is 4.68 Å². The molecule has 0 saturated heterocycles. The topological polar surface area (TPSA) is 39.1 Å². The van der Waals surface area contributed by atoms with E-state index < -0.39 is 0 Å². The van der Waals surface area contributed by atoms with E-state index in [1.165, 1.54) is 32.1 Å². The molecule has 1 spiro atoms. The van der Waals surface area contributed by atoms with Crippen LogP contribution in [0, 0.1) is 5.41 Å². The van der Waals surface area contributed by atoms with Gasteiger partial charge in [-0.1, -0.05) is 26.2 Å². The SMILES string of the molecule is CCCn1cc(OC2CC(NC)C23CCCCC3)cn1. The Morgan fingerprint density at radius 1 is 1.40 bits per heavy atom. The highest BCUT2D eigenvalue weighted by molar-refractivity contribution is 5.17. The largest absolute Gasteiger partial charge is 0.486 e. The molecule has 1 aromatic rings. The van der Waals surface area contributed by atoms with E-state index in [4.69, 9.17) is 4.74 Å². The van der Waals surface area contributed by atoms with Crippen molar-refractivity contribution in [3.8, 4) is 5.75 Å². The Labute approximate surface area is 121 Å². The van der Waals surface area contributed by atoms with Crippen molar-refractivity contribution in [2.24, 2.45) is 5.41 Å². The van der Waals surface area contributed by atoms with E-state index in [-0.39, 0.29) is 0 Å². The summed E-state index contributed by atoms with van der Waals surface area (Å²) >= 11 is 0. The first-order valence-electron chi connectivity index (χ1n) is 8.15. The third-order valence-electron chi connectivity index (χ3n) is 5.26. The molecule has 3 rings (SSSR count). The number of hydrogen-bond acceptors (Lipinski definition) is 3. The van der Waals surface area contributed by atoms with E-state index in [0.717, 1.165) is 25.1 Å². The van der Waals surface area contributed by atoms with Crippen molar-refractivity contribution in [2.75, 3.05) is 7.05 Å². The summed E-state index contributed by atoms with van der Waals surface area (Å²) in [5.41, 5.74) is 0.375. The van der Waals surface area contributed by atoms with Crippen LogP contribution in [0.3, 0.4) is 0 Å². The van der Waals surface area contributed by atoms with Gasteiger partial charge >= 0.3 is 0 Å². The third kappa shape index (κ3) is 2.34. The fourth-order valence-electron chi connectivity index (χ4n) is 4.12. The van der Waals surface area contributed by atoms with Crippen LogP contribution in [0.1, 0.15) is 51.9 Å². The number of hydrogen-bond donors (Lipinski definition) is 1. The highest BCUT2D eigenvalue weighted by Gasteiger charge is 2.55. The Morgan fingerprint density at radius 3 is 2.90 bits per heavy atom. The molecule has 1 aromatic heterocycles. The molecule has 20 heavy (non-hydrogen) atoms. The summed E-state index contributed by atoms with van der Waals surface area (Å²) < 4.78 is 8.26. The lowest BCUT2D eigenvalue weighted by Gasteiger charge is -2.57. The smallest absolute Gasteiger partial charge is 0.157 e. The van der Waals surface area contributed by atoms with Crippen LogP contribution < -0.4 is 10.1 Å². The second kappa shape index (κ2) is 5.76. The van der Waals surface area contributed by atoms with Crippen molar-refractivity contribution in [3.05, 3.63) is 12.4 Å². The molecule has 0 bridgehead atoms. The summed E-state index contributed by atoms with van der Waals surface area (Å²) in [6, 6.07) is 0.637. The van der Waals surface area contributed by atoms with Gasteiger partial charge < -0.3 is 10.1 Å². The van der Waals surface area contributed by atoms with Gasteiger partial charge in [0.1, 0.15) is 6.10 Å². The highest BCUT2D eigenvalue weighted by Crippen LogP contribution is 2.53. The maximum Gasteiger partial charge on any atom is 0.157 e. The van der Waals surface area contributed by atoms with Gasteiger partial charge in [0.2, 0.25) is 0 Å². The van der Waals surface area contributed by atoms with Crippen LogP contribution in [-0.2, 0) is 6.54 Å². The lowest BCUT2D eigenvalue weighted by atomic mass is 9.55. The molecule has 0 aromatic carbocycles. The van der Waals surface area contributed by atoms with Crippen molar-refractivity contribution in [1.82, 2.24) is 15.1 Å². The third-order valence-corrected chi connectivity index (χ3v) is 5.26. The molecule has 2 saturated carbocycles. The van der Waals surface area contributed by atoms with Gasteiger partial charge in [0.15, 0.2) is 5.75 Å². The van der Waals surface area contributed by atoms with Gasteiger partial charge in [0.05, 0.1) is 12.4 Å². The fourth-order valence-corrected chi connectivity index (χ4v) is 4.12. The molecule has 2 atom stereocenters. The Balaban J connectivity index is 1.67. The van der Waals surface area contributed by atoms with Gasteiger partial charge in [-0.25, -0.2) is 0 Å². The van der Waals surface area contributed by atoms with E-state index >= 15 is 0 Å². The molecule has 4 nitrogen and oxygen atoms in total. The first-order valence-corrected chi connectivity index (χ1v) is 8.15. The van der Waals surface area contributed by atoms with Gasteiger partial charge in [-0.05, 0) is 26.3 Å². The molecule has 1 N–H and O–H groups in total. The lowest BCUT2D eigenvalue weighted by molar-refractivity contribution is -0.100. The molecule has 2 fully saturated rings. The average molecular weight is 277 g/mol. The number of ether oxygens (including phenoxy) is 1. The van der Waals surface area contributed by atoms with Gasteiger partial charge in [0.25, 0.3) is 0 Å². The standard InChI is InChI=1S/C16H27N3O/c1-3-9-19-12-13(11-18-19)20-15-10-14(17-2)16(15)7-5-4-6-8-16/h11-12,14-15,17H,3-10H2,1-2H3. The number of rotatable bonds is 5. The van der Waals surface area contributed by atoms with E-state index in [1.807, 2.05) is 17.1 Å². The quantitative estimate of drug-likeness (QED) is 0.899. The zero-order valence-corrected chi connectivity index (χ0v) is 12.8. The summed E-state index contributed by atoms with van der Waals surface area (Å²) in [5, 5.41) is 7.87. The zero-order valence-electron chi connectivity index (χ0n) is 12.8. The first kappa shape index (κ1) is 13.9. The molecule has 112 valence electrons. The molecule has 2 aliphatic carbocycles. The monoisotopic (exact) mass is 277 g/mol. The summed E-state index contributed by atoms with van der Waals surface area (Å²) in [7, 11) is 2.09. The van der Waals surface area contributed by atoms with Crippen molar-refractivity contribution in [2.45, 2.75) is 70.6 Å². The Bertz CT molecular complexity index is 437. The number of nitrogens with zero attached hydrogens (tertiary/aromatic N) is 2. The minimum atomic E-state index is 0.375. The van der Waals surface area contributed by atoms with Crippen molar-refractivity contribution in [1.29, 1.82) is 0 Å². The predicted molar refractivity (Wildman–Crippen MR) is 79.9 cm³/mol. The zero-order chi connectivity index (χ0) is 14.0. The number of aryl methyl sites for hydroxylation is 1. The van der Waals surface area contributed by atoms with Crippen molar-refractivity contribution >= 4 is 0 Å². The van der Waals surface area contributed by atoms with Crippen LogP contribution in [0.2, 0.25) is 0 Å². The van der Waals surface area contributed by atoms with Gasteiger partial charge in [0, 0.05) is 24.4 Å². The second-order valence-electron chi connectivity index (χ2n) is 6.42. The molecular formula is C16H27N3O. The van der Waals surface area contributed by atoms with Crippen LogP contribution in [0.4, 0.5) is 0 Å². The Morgan fingerprint density at radius 2 is 2.20 bits per heavy atom. The van der Waals surface area contributed by atoms with E-state index in [1.54, 1.807) is 0 Å². The predicted octanol–water partition coefficient (Wildman–Crippen LogP) is 2.98. The minimum absolute atomic E-state index is 0.375. The van der Waals surface area contributed by atoms with Gasteiger partial charge in [-0.2, -0.15) is 5.10 Å². The molecule has 2 aliphatic rings.